The second-order valence-corrected chi connectivity index (χ2v) is 8.58. The fourth-order valence-corrected chi connectivity index (χ4v) is 4.43. The van der Waals surface area contributed by atoms with Gasteiger partial charge >= 0.3 is 0 Å². The topological polar surface area (TPSA) is 104 Å². The Morgan fingerprint density at radius 1 is 1.18 bits per heavy atom. The molecule has 0 unspecified atom stereocenters. The fraction of sp³-hybridized carbons (Fsp3) is 0.0526. The quantitative estimate of drug-likeness (QED) is 0.307. The second kappa shape index (κ2) is 6.86. The molecule has 0 fully saturated rings. The largest absolute Gasteiger partial charge is 0.465 e. The number of imidazole rings is 1. The molecular weight excluding hydrogens is 398 g/mol. The first-order chi connectivity index (χ1) is 13.3. The molecule has 0 amide bonds. The number of carbonyl (C=O) groups is 1. The first-order valence-electron chi connectivity index (χ1n) is 8.21. The van der Waals surface area contributed by atoms with Crippen molar-refractivity contribution in [1.29, 1.82) is 0 Å². The molecule has 0 radical (unpaired) electrons. The Bertz CT molecular complexity index is 1330. The lowest BCUT2D eigenvalue weighted by Gasteiger charge is -2.01. The minimum Gasteiger partial charge on any atom is -0.465 e. The van der Waals surface area contributed by atoms with Crippen molar-refractivity contribution in [2.45, 2.75) is 11.8 Å². The summed E-state index contributed by atoms with van der Waals surface area (Å²) in [5.74, 6) is 0.193. The van der Waals surface area contributed by atoms with E-state index in [0.717, 1.165) is 21.7 Å². The van der Waals surface area contributed by atoms with Gasteiger partial charge in [-0.2, -0.15) is 0 Å². The van der Waals surface area contributed by atoms with Crippen molar-refractivity contribution in [2.75, 3.05) is 0 Å². The van der Waals surface area contributed by atoms with Gasteiger partial charge in [0.2, 0.25) is 15.8 Å². The van der Waals surface area contributed by atoms with Crippen LogP contribution in [0.2, 0.25) is 0 Å². The molecule has 142 valence electrons. The van der Waals surface area contributed by atoms with Gasteiger partial charge in [-0.15, -0.1) is 0 Å². The standard InChI is InChI=1S/C19H15N3O4S2/c1-12-18(27-19-21-15-4-2-3-5-16(15)22(12)19)17(23)10-11-26-13-6-8-14(9-7-13)28(20,24)25/h2-11H,1H3,(H2,20,24,25)/b11-10+. The Hall–Kier alpha value is -3.01. The number of rotatable bonds is 5. The number of sulfonamides is 1. The van der Waals surface area contributed by atoms with Gasteiger partial charge in [0.1, 0.15) is 5.75 Å². The number of nitrogens with zero attached hydrogens (tertiary/aromatic N) is 2. The lowest BCUT2D eigenvalue weighted by atomic mass is 10.2. The minimum atomic E-state index is -3.75. The molecule has 0 spiro atoms. The number of hydrogen-bond donors (Lipinski definition) is 1. The van der Waals surface area contributed by atoms with Gasteiger partial charge in [0, 0.05) is 11.8 Å². The molecule has 2 N–H and O–H groups in total. The maximum absolute atomic E-state index is 12.6. The van der Waals surface area contributed by atoms with E-state index in [1.807, 2.05) is 35.6 Å². The number of ketones is 1. The molecule has 28 heavy (non-hydrogen) atoms. The Labute approximate surface area is 164 Å². The van der Waals surface area contributed by atoms with Crippen LogP contribution in [0.25, 0.3) is 16.0 Å². The lowest BCUT2D eigenvalue weighted by molar-refractivity contribution is 0.104. The molecule has 2 aromatic carbocycles. The van der Waals surface area contributed by atoms with Gasteiger partial charge in [0.05, 0.1) is 27.1 Å². The molecular formula is C19H15N3O4S2. The SMILES string of the molecule is Cc1c(C(=O)/C=C/Oc2ccc(S(N)(=O)=O)cc2)sc2nc3ccccc3n12. The molecule has 4 aromatic rings. The number of hydrogen-bond acceptors (Lipinski definition) is 6. The zero-order valence-corrected chi connectivity index (χ0v) is 16.3. The van der Waals surface area contributed by atoms with Crippen molar-refractivity contribution in [3.63, 3.8) is 0 Å². The molecule has 4 rings (SSSR count). The van der Waals surface area contributed by atoms with E-state index in [9.17, 15) is 13.2 Å². The summed E-state index contributed by atoms with van der Waals surface area (Å²) in [6.45, 7) is 1.88. The molecule has 0 saturated carbocycles. The summed E-state index contributed by atoms with van der Waals surface area (Å²) in [7, 11) is -3.75. The predicted molar refractivity (Wildman–Crippen MR) is 107 cm³/mol. The number of fused-ring (bicyclic) bond motifs is 3. The van der Waals surface area contributed by atoms with E-state index in [0.29, 0.717) is 10.6 Å². The highest BCUT2D eigenvalue weighted by Gasteiger charge is 2.17. The van der Waals surface area contributed by atoms with Crippen LogP contribution in [0, 0.1) is 6.92 Å². The average Bonchev–Trinajstić information content (AvgIpc) is 3.18. The van der Waals surface area contributed by atoms with Crippen LogP contribution in [0.3, 0.4) is 0 Å². The van der Waals surface area contributed by atoms with Crippen LogP contribution in [-0.4, -0.2) is 23.6 Å². The van der Waals surface area contributed by atoms with E-state index in [1.165, 1.54) is 47.9 Å². The Morgan fingerprint density at radius 3 is 2.61 bits per heavy atom. The van der Waals surface area contributed by atoms with E-state index in [4.69, 9.17) is 9.88 Å². The van der Waals surface area contributed by atoms with Gasteiger partial charge in [-0.3, -0.25) is 9.20 Å². The van der Waals surface area contributed by atoms with E-state index >= 15 is 0 Å². The van der Waals surface area contributed by atoms with Gasteiger partial charge < -0.3 is 4.74 Å². The normalized spacial score (nSPS) is 12.2. The highest BCUT2D eigenvalue weighted by atomic mass is 32.2. The van der Waals surface area contributed by atoms with E-state index < -0.39 is 10.0 Å². The van der Waals surface area contributed by atoms with Crippen LogP contribution in [0.4, 0.5) is 0 Å². The van der Waals surface area contributed by atoms with E-state index in [2.05, 4.69) is 4.98 Å². The van der Waals surface area contributed by atoms with Gasteiger partial charge in [0.25, 0.3) is 0 Å². The zero-order valence-electron chi connectivity index (χ0n) is 14.7. The van der Waals surface area contributed by atoms with E-state index in [1.54, 1.807) is 0 Å². The van der Waals surface area contributed by atoms with Crippen molar-refractivity contribution < 1.29 is 17.9 Å². The number of ether oxygens (including phenoxy) is 1. The van der Waals surface area contributed by atoms with Crippen LogP contribution >= 0.6 is 11.3 Å². The van der Waals surface area contributed by atoms with Crippen LogP contribution in [0.5, 0.6) is 5.75 Å². The zero-order chi connectivity index (χ0) is 19.9. The van der Waals surface area contributed by atoms with Gasteiger partial charge in [-0.25, -0.2) is 18.5 Å². The Morgan fingerprint density at radius 2 is 1.89 bits per heavy atom. The number of thiazole rings is 1. The van der Waals surface area contributed by atoms with Crippen LogP contribution < -0.4 is 9.88 Å². The maximum atomic E-state index is 12.6. The third-order valence-electron chi connectivity index (χ3n) is 4.19. The van der Waals surface area contributed by atoms with Crippen LogP contribution in [0.15, 0.2) is 65.8 Å². The first kappa shape index (κ1) is 18.4. The molecule has 0 atom stereocenters. The number of allylic oxidation sites excluding steroid dienone is 1. The fourth-order valence-electron chi connectivity index (χ4n) is 2.85. The summed E-state index contributed by atoms with van der Waals surface area (Å²) in [4.78, 5) is 18.4. The third-order valence-corrected chi connectivity index (χ3v) is 6.27. The number of aryl methyl sites for hydroxylation is 1. The van der Waals surface area contributed by atoms with E-state index in [-0.39, 0.29) is 10.7 Å². The molecule has 0 bridgehead atoms. The van der Waals surface area contributed by atoms with Crippen molar-refractivity contribution in [3.05, 3.63) is 71.4 Å². The summed E-state index contributed by atoms with van der Waals surface area (Å²) < 4.78 is 29.8. The Balaban J connectivity index is 1.54. The van der Waals surface area contributed by atoms with Crippen molar-refractivity contribution in [3.8, 4) is 5.75 Å². The summed E-state index contributed by atoms with van der Waals surface area (Å²) >= 11 is 1.32. The molecule has 0 saturated heterocycles. The molecule has 9 heteroatoms. The molecule has 0 aliphatic carbocycles. The number of nitrogens with two attached hydrogens (primary N) is 1. The number of para-hydroxylation sites is 2. The Kier molecular flexibility index (Phi) is 4.50. The van der Waals surface area contributed by atoms with Crippen molar-refractivity contribution in [2.24, 2.45) is 5.14 Å². The molecule has 7 nitrogen and oxygen atoms in total. The van der Waals surface area contributed by atoms with Gasteiger partial charge in [-0.1, -0.05) is 23.5 Å². The summed E-state index contributed by atoms with van der Waals surface area (Å²) in [6, 6.07) is 13.4. The molecule has 0 aliphatic rings. The number of primary sulfonamides is 1. The minimum absolute atomic E-state index is 0.00955. The van der Waals surface area contributed by atoms with Crippen molar-refractivity contribution >= 4 is 43.1 Å². The van der Waals surface area contributed by atoms with Gasteiger partial charge in [0.15, 0.2) is 4.96 Å². The lowest BCUT2D eigenvalue weighted by Crippen LogP contribution is -2.11. The molecule has 2 aromatic heterocycles. The predicted octanol–water partition coefficient (Wildman–Crippen LogP) is 3.28. The number of carbonyl (C=O) groups excluding carboxylic acids is 1. The van der Waals surface area contributed by atoms with Crippen molar-refractivity contribution in [1.82, 2.24) is 9.38 Å². The summed E-state index contributed by atoms with van der Waals surface area (Å²) in [5.41, 5.74) is 2.67. The third kappa shape index (κ3) is 3.31. The monoisotopic (exact) mass is 413 g/mol. The summed E-state index contributed by atoms with van der Waals surface area (Å²) in [6.07, 6.45) is 2.60. The number of aromatic nitrogens is 2. The van der Waals surface area contributed by atoms with Crippen LogP contribution in [0.1, 0.15) is 15.4 Å². The van der Waals surface area contributed by atoms with Crippen LogP contribution in [-0.2, 0) is 10.0 Å². The molecule has 2 heterocycles. The van der Waals surface area contributed by atoms with Gasteiger partial charge in [-0.05, 0) is 43.3 Å². The maximum Gasteiger partial charge on any atom is 0.238 e. The second-order valence-electron chi connectivity index (χ2n) is 6.04. The summed E-state index contributed by atoms with van der Waals surface area (Å²) in [5, 5.41) is 5.05. The molecule has 0 aliphatic heterocycles. The number of benzene rings is 2. The highest BCUT2D eigenvalue weighted by Crippen LogP contribution is 2.28. The smallest absolute Gasteiger partial charge is 0.238 e. The first-order valence-corrected chi connectivity index (χ1v) is 10.6. The highest BCUT2D eigenvalue weighted by molar-refractivity contribution is 7.89. The average molecular weight is 413 g/mol.